The van der Waals surface area contributed by atoms with Crippen LogP contribution in [0, 0.1) is 11.7 Å². The number of hydrogen-bond donors (Lipinski definition) is 1. The second kappa shape index (κ2) is 5.75. The van der Waals surface area contributed by atoms with Crippen LogP contribution in [0.2, 0.25) is 0 Å². The van der Waals surface area contributed by atoms with E-state index in [0.717, 1.165) is 12.8 Å². The molecule has 1 heterocycles. The van der Waals surface area contributed by atoms with Crippen LogP contribution in [-0.4, -0.2) is 5.91 Å². The van der Waals surface area contributed by atoms with E-state index < -0.39 is 0 Å². The van der Waals surface area contributed by atoms with Crippen LogP contribution < -0.4 is 5.32 Å². The standard InChI is InChI=1S/C16H16FNOS/c17-13-5-2-1-4-12(13)10-15(19)18-16(11-7-8-11)14-6-3-9-20-14/h1-6,9,11,16H,7-8,10H2,(H,18,19). The number of rotatable bonds is 5. The zero-order chi connectivity index (χ0) is 13.9. The van der Waals surface area contributed by atoms with E-state index in [9.17, 15) is 9.18 Å². The maximum absolute atomic E-state index is 13.6. The van der Waals surface area contributed by atoms with Gasteiger partial charge in [-0.1, -0.05) is 24.3 Å². The van der Waals surface area contributed by atoms with Crippen molar-refractivity contribution in [1.29, 1.82) is 0 Å². The SMILES string of the molecule is O=C(Cc1ccccc1F)NC(c1cccs1)C1CC1. The highest BCUT2D eigenvalue weighted by atomic mass is 32.1. The lowest BCUT2D eigenvalue weighted by molar-refractivity contribution is -0.121. The lowest BCUT2D eigenvalue weighted by Gasteiger charge is -2.17. The first-order chi connectivity index (χ1) is 9.74. The van der Waals surface area contributed by atoms with Crippen molar-refractivity contribution in [1.82, 2.24) is 5.32 Å². The monoisotopic (exact) mass is 289 g/mol. The molecule has 0 bridgehead atoms. The molecule has 1 N–H and O–H groups in total. The van der Waals surface area contributed by atoms with Gasteiger partial charge in [-0.2, -0.15) is 0 Å². The number of amides is 1. The molecule has 1 aliphatic carbocycles. The van der Waals surface area contributed by atoms with Gasteiger partial charge in [0, 0.05) is 4.88 Å². The summed E-state index contributed by atoms with van der Waals surface area (Å²) in [6.07, 6.45) is 2.41. The lowest BCUT2D eigenvalue weighted by atomic mass is 10.1. The maximum Gasteiger partial charge on any atom is 0.225 e. The number of benzene rings is 1. The maximum atomic E-state index is 13.6. The molecule has 0 spiro atoms. The van der Waals surface area contributed by atoms with Gasteiger partial charge in [-0.25, -0.2) is 4.39 Å². The molecule has 0 aliphatic heterocycles. The van der Waals surface area contributed by atoms with E-state index in [1.807, 2.05) is 11.4 Å². The second-order valence-electron chi connectivity index (χ2n) is 5.17. The Morgan fingerprint density at radius 2 is 2.10 bits per heavy atom. The molecule has 2 aromatic rings. The summed E-state index contributed by atoms with van der Waals surface area (Å²) in [4.78, 5) is 13.3. The molecular weight excluding hydrogens is 273 g/mol. The molecule has 1 atom stereocenters. The van der Waals surface area contributed by atoms with Crippen LogP contribution in [0.15, 0.2) is 41.8 Å². The molecule has 3 rings (SSSR count). The van der Waals surface area contributed by atoms with Crippen LogP contribution in [0.3, 0.4) is 0 Å². The predicted molar refractivity (Wildman–Crippen MR) is 78.0 cm³/mol. The van der Waals surface area contributed by atoms with E-state index in [1.54, 1.807) is 29.5 Å². The van der Waals surface area contributed by atoms with E-state index in [-0.39, 0.29) is 24.2 Å². The number of nitrogens with one attached hydrogen (secondary N) is 1. The van der Waals surface area contributed by atoms with Crippen molar-refractivity contribution in [3.05, 3.63) is 58.0 Å². The smallest absolute Gasteiger partial charge is 0.225 e. The Morgan fingerprint density at radius 3 is 2.75 bits per heavy atom. The highest BCUT2D eigenvalue weighted by molar-refractivity contribution is 7.10. The Bertz CT molecular complexity index is 592. The molecule has 1 aliphatic rings. The van der Waals surface area contributed by atoms with Gasteiger partial charge in [0.2, 0.25) is 5.91 Å². The summed E-state index contributed by atoms with van der Waals surface area (Å²) in [5.74, 6) is 0.111. The van der Waals surface area contributed by atoms with Crippen molar-refractivity contribution < 1.29 is 9.18 Å². The number of thiophene rings is 1. The Labute approximate surface area is 121 Å². The van der Waals surface area contributed by atoms with Gasteiger partial charge in [-0.05, 0) is 41.8 Å². The van der Waals surface area contributed by atoms with Gasteiger partial charge in [-0.3, -0.25) is 4.79 Å². The normalized spacial score (nSPS) is 15.8. The first-order valence-electron chi connectivity index (χ1n) is 6.80. The molecule has 2 nitrogen and oxygen atoms in total. The lowest BCUT2D eigenvalue weighted by Crippen LogP contribution is -2.30. The molecule has 0 saturated heterocycles. The minimum atomic E-state index is -0.318. The van der Waals surface area contributed by atoms with Gasteiger partial charge in [0.25, 0.3) is 0 Å². The summed E-state index contributed by atoms with van der Waals surface area (Å²) >= 11 is 1.66. The number of carbonyl (C=O) groups excluding carboxylic acids is 1. The van der Waals surface area contributed by atoms with Crippen molar-refractivity contribution in [3.8, 4) is 0 Å². The average molecular weight is 289 g/mol. The molecule has 104 valence electrons. The summed E-state index contributed by atoms with van der Waals surface area (Å²) < 4.78 is 13.6. The zero-order valence-electron chi connectivity index (χ0n) is 11.0. The van der Waals surface area contributed by atoms with Crippen molar-refractivity contribution in [3.63, 3.8) is 0 Å². The highest BCUT2D eigenvalue weighted by Crippen LogP contribution is 2.42. The molecular formula is C16H16FNOS. The number of carbonyl (C=O) groups is 1. The van der Waals surface area contributed by atoms with Crippen LogP contribution in [0.4, 0.5) is 4.39 Å². The average Bonchev–Trinajstić information content (AvgIpc) is 3.13. The molecule has 1 saturated carbocycles. The molecule has 0 radical (unpaired) electrons. The first-order valence-corrected chi connectivity index (χ1v) is 7.68. The van der Waals surface area contributed by atoms with Crippen LogP contribution >= 0.6 is 11.3 Å². The van der Waals surface area contributed by atoms with Gasteiger partial charge in [0.15, 0.2) is 0 Å². The minimum absolute atomic E-state index is 0.0919. The third kappa shape index (κ3) is 3.07. The molecule has 1 amide bonds. The molecule has 1 aromatic heterocycles. The third-order valence-corrected chi connectivity index (χ3v) is 4.52. The molecule has 1 fully saturated rings. The minimum Gasteiger partial charge on any atom is -0.348 e. The van der Waals surface area contributed by atoms with E-state index >= 15 is 0 Å². The fourth-order valence-corrected chi connectivity index (χ4v) is 3.23. The number of hydrogen-bond acceptors (Lipinski definition) is 2. The van der Waals surface area contributed by atoms with Gasteiger partial charge in [-0.15, -0.1) is 11.3 Å². The van der Waals surface area contributed by atoms with Crippen LogP contribution in [-0.2, 0) is 11.2 Å². The Balaban J connectivity index is 1.67. The first kappa shape index (κ1) is 13.3. The summed E-state index contributed by atoms with van der Waals surface area (Å²) in [5.41, 5.74) is 0.450. The van der Waals surface area contributed by atoms with E-state index in [4.69, 9.17) is 0 Å². The van der Waals surface area contributed by atoms with Crippen molar-refractivity contribution in [2.24, 2.45) is 5.92 Å². The third-order valence-electron chi connectivity index (χ3n) is 3.57. The Hall–Kier alpha value is -1.68. The fourth-order valence-electron chi connectivity index (χ4n) is 2.36. The zero-order valence-corrected chi connectivity index (χ0v) is 11.8. The summed E-state index contributed by atoms with van der Waals surface area (Å²) in [6.45, 7) is 0. The molecule has 1 unspecified atom stereocenters. The van der Waals surface area contributed by atoms with E-state index in [2.05, 4.69) is 11.4 Å². The van der Waals surface area contributed by atoms with Gasteiger partial charge in [0.1, 0.15) is 5.82 Å². The van der Waals surface area contributed by atoms with Crippen molar-refractivity contribution >= 4 is 17.2 Å². The topological polar surface area (TPSA) is 29.1 Å². The highest BCUT2D eigenvalue weighted by Gasteiger charge is 2.33. The van der Waals surface area contributed by atoms with Crippen molar-refractivity contribution in [2.45, 2.75) is 25.3 Å². The van der Waals surface area contributed by atoms with Gasteiger partial charge in [0.05, 0.1) is 12.5 Å². The Kier molecular flexibility index (Phi) is 3.83. The van der Waals surface area contributed by atoms with Crippen LogP contribution in [0.25, 0.3) is 0 Å². The molecule has 1 aromatic carbocycles. The summed E-state index contributed by atoms with van der Waals surface area (Å²) in [7, 11) is 0. The van der Waals surface area contributed by atoms with E-state index in [0.29, 0.717) is 11.5 Å². The summed E-state index contributed by atoms with van der Waals surface area (Å²) in [6, 6.07) is 10.6. The fraction of sp³-hybridized carbons (Fsp3) is 0.312. The van der Waals surface area contributed by atoms with Crippen LogP contribution in [0.5, 0.6) is 0 Å². The van der Waals surface area contributed by atoms with Crippen molar-refractivity contribution in [2.75, 3.05) is 0 Å². The molecule has 4 heteroatoms. The molecule has 20 heavy (non-hydrogen) atoms. The quantitative estimate of drug-likeness (QED) is 0.893. The number of halogens is 1. The van der Waals surface area contributed by atoms with Crippen LogP contribution in [0.1, 0.15) is 29.3 Å². The van der Waals surface area contributed by atoms with Gasteiger partial charge >= 0.3 is 0 Å². The second-order valence-corrected chi connectivity index (χ2v) is 6.15. The van der Waals surface area contributed by atoms with Gasteiger partial charge < -0.3 is 5.32 Å². The van der Waals surface area contributed by atoms with E-state index in [1.165, 1.54) is 10.9 Å². The predicted octanol–water partition coefficient (Wildman–Crippen LogP) is 3.70. The summed E-state index contributed by atoms with van der Waals surface area (Å²) in [5, 5.41) is 5.08. The Morgan fingerprint density at radius 1 is 1.30 bits per heavy atom. The largest absolute Gasteiger partial charge is 0.348 e.